The van der Waals surface area contributed by atoms with E-state index in [-0.39, 0.29) is 5.91 Å². The first-order valence-corrected chi connectivity index (χ1v) is 8.42. The third-order valence-electron chi connectivity index (χ3n) is 4.07. The third-order valence-corrected chi connectivity index (χ3v) is 4.62. The minimum atomic E-state index is 0.164. The summed E-state index contributed by atoms with van der Waals surface area (Å²) in [7, 11) is 0. The van der Waals surface area contributed by atoms with Gasteiger partial charge in [-0.2, -0.15) is 0 Å². The molecule has 1 aliphatic rings. The maximum absolute atomic E-state index is 12.4. The van der Waals surface area contributed by atoms with Crippen LogP contribution < -0.4 is 5.32 Å². The first-order valence-electron chi connectivity index (χ1n) is 7.67. The molecule has 0 aromatic heterocycles. The number of carbonyl (C=O) groups is 1. The Kier molecular flexibility index (Phi) is 5.09. The van der Waals surface area contributed by atoms with Gasteiger partial charge < -0.3 is 10.2 Å². The van der Waals surface area contributed by atoms with Gasteiger partial charge in [0.15, 0.2) is 0 Å². The molecule has 0 bridgehead atoms. The van der Waals surface area contributed by atoms with Crippen LogP contribution in [-0.2, 0) is 17.8 Å². The number of benzene rings is 2. The van der Waals surface area contributed by atoms with Gasteiger partial charge in [0, 0.05) is 31.1 Å². The van der Waals surface area contributed by atoms with E-state index in [9.17, 15) is 4.79 Å². The van der Waals surface area contributed by atoms with E-state index < -0.39 is 0 Å². The summed E-state index contributed by atoms with van der Waals surface area (Å²) in [6.07, 6.45) is 1.37. The van der Waals surface area contributed by atoms with Crippen LogP contribution in [-0.4, -0.2) is 23.9 Å². The summed E-state index contributed by atoms with van der Waals surface area (Å²) >= 11 is 12.0. The van der Waals surface area contributed by atoms with Crippen molar-refractivity contribution in [3.63, 3.8) is 0 Å². The van der Waals surface area contributed by atoms with Gasteiger partial charge in [0.2, 0.25) is 5.91 Å². The number of rotatable bonds is 4. The first kappa shape index (κ1) is 16.2. The largest absolute Gasteiger partial charge is 0.383 e. The van der Waals surface area contributed by atoms with Crippen molar-refractivity contribution in [1.29, 1.82) is 0 Å². The second kappa shape index (κ2) is 7.24. The van der Waals surface area contributed by atoms with Crippen molar-refractivity contribution in [2.75, 3.05) is 18.4 Å². The molecule has 5 heteroatoms. The van der Waals surface area contributed by atoms with E-state index >= 15 is 0 Å². The molecule has 1 heterocycles. The topological polar surface area (TPSA) is 32.3 Å². The number of anilines is 1. The van der Waals surface area contributed by atoms with Crippen LogP contribution in [0, 0.1) is 0 Å². The van der Waals surface area contributed by atoms with Gasteiger partial charge >= 0.3 is 0 Å². The Hall–Kier alpha value is -1.71. The van der Waals surface area contributed by atoms with Gasteiger partial charge in [-0.3, -0.25) is 4.79 Å². The zero-order chi connectivity index (χ0) is 16.2. The van der Waals surface area contributed by atoms with E-state index in [4.69, 9.17) is 23.2 Å². The quantitative estimate of drug-likeness (QED) is 0.888. The second-order valence-corrected chi connectivity index (χ2v) is 6.48. The number of nitrogens with one attached hydrogen (secondary N) is 1. The van der Waals surface area contributed by atoms with E-state index in [1.165, 1.54) is 11.1 Å². The molecule has 0 spiro atoms. The molecule has 2 aromatic carbocycles. The van der Waals surface area contributed by atoms with Gasteiger partial charge in [-0.1, -0.05) is 47.5 Å². The smallest absolute Gasteiger partial charge is 0.224 e. The van der Waals surface area contributed by atoms with Crippen LogP contribution in [0.3, 0.4) is 0 Å². The number of hydrogen-bond acceptors (Lipinski definition) is 2. The Bertz CT molecular complexity index is 718. The number of nitrogens with zero attached hydrogens (tertiary/aromatic N) is 1. The highest BCUT2D eigenvalue weighted by molar-refractivity contribution is 6.36. The summed E-state index contributed by atoms with van der Waals surface area (Å²) in [5.41, 5.74) is 3.40. The van der Waals surface area contributed by atoms with E-state index in [0.717, 1.165) is 18.7 Å². The minimum Gasteiger partial charge on any atom is -0.383 e. The lowest BCUT2D eigenvalue weighted by molar-refractivity contribution is -0.131. The Labute approximate surface area is 146 Å². The van der Waals surface area contributed by atoms with E-state index in [2.05, 4.69) is 23.5 Å². The first-order chi connectivity index (χ1) is 11.1. The summed E-state index contributed by atoms with van der Waals surface area (Å²) in [4.78, 5) is 14.3. The Balaban J connectivity index is 1.52. The fraction of sp³-hybridized carbons (Fsp3) is 0.278. The number of amides is 1. The maximum atomic E-state index is 12.4. The summed E-state index contributed by atoms with van der Waals surface area (Å²) in [6.45, 7) is 2.05. The van der Waals surface area contributed by atoms with Crippen molar-refractivity contribution in [2.45, 2.75) is 19.4 Å². The van der Waals surface area contributed by atoms with Crippen molar-refractivity contribution in [1.82, 2.24) is 4.90 Å². The lowest BCUT2D eigenvalue weighted by Crippen LogP contribution is -2.36. The Morgan fingerprint density at radius 3 is 2.70 bits per heavy atom. The third kappa shape index (κ3) is 3.98. The number of hydrogen-bond donors (Lipinski definition) is 1. The zero-order valence-electron chi connectivity index (χ0n) is 12.7. The van der Waals surface area contributed by atoms with Gasteiger partial charge in [0.05, 0.1) is 10.7 Å². The molecule has 0 saturated heterocycles. The molecule has 0 atom stereocenters. The predicted molar refractivity (Wildman–Crippen MR) is 95.1 cm³/mol. The van der Waals surface area contributed by atoms with Crippen LogP contribution in [0.5, 0.6) is 0 Å². The summed E-state index contributed by atoms with van der Waals surface area (Å²) in [5.74, 6) is 0.164. The summed E-state index contributed by atoms with van der Waals surface area (Å²) < 4.78 is 0. The van der Waals surface area contributed by atoms with Crippen molar-refractivity contribution < 1.29 is 4.79 Å². The molecule has 23 heavy (non-hydrogen) atoms. The standard InChI is InChI=1S/C18H18Cl2N2O/c19-15-5-6-17(16(20)11-15)21-9-7-18(23)22-10-8-13-3-1-2-4-14(13)12-22/h1-6,11,21H,7-10,12H2. The van der Waals surface area contributed by atoms with Gasteiger partial charge in [0.1, 0.15) is 0 Å². The predicted octanol–water partition coefficient (Wildman–Crippen LogP) is 4.38. The lowest BCUT2D eigenvalue weighted by atomic mass is 10.00. The monoisotopic (exact) mass is 348 g/mol. The van der Waals surface area contributed by atoms with Crippen molar-refractivity contribution in [3.8, 4) is 0 Å². The minimum absolute atomic E-state index is 0.164. The molecule has 1 N–H and O–H groups in total. The summed E-state index contributed by atoms with van der Waals surface area (Å²) in [6, 6.07) is 13.6. The molecule has 0 unspecified atom stereocenters. The SMILES string of the molecule is O=C(CCNc1ccc(Cl)cc1Cl)N1CCc2ccccc2C1. The maximum Gasteiger partial charge on any atom is 0.224 e. The van der Waals surface area contributed by atoms with Gasteiger partial charge in [0.25, 0.3) is 0 Å². The Morgan fingerprint density at radius 2 is 1.91 bits per heavy atom. The molecule has 120 valence electrons. The average molecular weight is 349 g/mol. The number of carbonyl (C=O) groups excluding carboxylic acids is 1. The zero-order valence-corrected chi connectivity index (χ0v) is 14.2. The second-order valence-electron chi connectivity index (χ2n) is 5.63. The number of fused-ring (bicyclic) bond motifs is 1. The molecule has 0 radical (unpaired) electrons. The fourth-order valence-electron chi connectivity index (χ4n) is 2.80. The molecular weight excluding hydrogens is 331 g/mol. The number of halogens is 2. The lowest BCUT2D eigenvalue weighted by Gasteiger charge is -2.29. The van der Waals surface area contributed by atoms with Crippen LogP contribution in [0.4, 0.5) is 5.69 Å². The molecular formula is C18H18Cl2N2O. The molecule has 1 amide bonds. The molecule has 0 saturated carbocycles. The van der Waals surface area contributed by atoms with Crippen molar-refractivity contribution >= 4 is 34.8 Å². The molecule has 0 fully saturated rings. The highest BCUT2D eigenvalue weighted by Gasteiger charge is 2.19. The van der Waals surface area contributed by atoms with Crippen molar-refractivity contribution in [2.24, 2.45) is 0 Å². The van der Waals surface area contributed by atoms with E-state index in [1.807, 2.05) is 17.0 Å². The van der Waals surface area contributed by atoms with Gasteiger partial charge in [-0.05, 0) is 35.7 Å². The average Bonchev–Trinajstić information content (AvgIpc) is 2.56. The van der Waals surface area contributed by atoms with Crippen LogP contribution in [0.15, 0.2) is 42.5 Å². The van der Waals surface area contributed by atoms with E-state index in [1.54, 1.807) is 12.1 Å². The fourth-order valence-corrected chi connectivity index (χ4v) is 3.28. The highest BCUT2D eigenvalue weighted by Crippen LogP contribution is 2.25. The summed E-state index contributed by atoms with van der Waals surface area (Å²) in [5, 5.41) is 4.36. The van der Waals surface area contributed by atoms with Crippen molar-refractivity contribution in [3.05, 3.63) is 63.6 Å². The van der Waals surface area contributed by atoms with Gasteiger partial charge in [-0.25, -0.2) is 0 Å². The molecule has 2 aromatic rings. The van der Waals surface area contributed by atoms with E-state index in [0.29, 0.717) is 29.6 Å². The van der Waals surface area contributed by atoms with Crippen LogP contribution in [0.25, 0.3) is 0 Å². The molecule has 1 aliphatic heterocycles. The molecule has 3 rings (SSSR count). The molecule has 3 nitrogen and oxygen atoms in total. The highest BCUT2D eigenvalue weighted by atomic mass is 35.5. The molecule has 0 aliphatic carbocycles. The van der Waals surface area contributed by atoms with Crippen LogP contribution in [0.2, 0.25) is 10.0 Å². The van der Waals surface area contributed by atoms with Gasteiger partial charge in [-0.15, -0.1) is 0 Å². The Morgan fingerprint density at radius 1 is 1.13 bits per heavy atom. The van der Waals surface area contributed by atoms with Crippen LogP contribution in [0.1, 0.15) is 17.5 Å². The normalized spacial score (nSPS) is 13.6. The van der Waals surface area contributed by atoms with Crippen LogP contribution >= 0.6 is 23.2 Å².